The lowest BCUT2D eigenvalue weighted by Gasteiger charge is -2.49. The molecule has 3 aromatic rings. The third-order valence-corrected chi connectivity index (χ3v) is 6.62. The van der Waals surface area contributed by atoms with Crippen molar-refractivity contribution in [2.75, 3.05) is 13.1 Å². The predicted octanol–water partition coefficient (Wildman–Crippen LogP) is 2.64. The molecule has 0 unspecified atom stereocenters. The van der Waals surface area contributed by atoms with Crippen LogP contribution in [0.25, 0.3) is 0 Å². The minimum atomic E-state index is -0.654. The number of rotatable bonds is 1. The fourth-order valence-electron chi connectivity index (χ4n) is 5.18. The Bertz CT molecular complexity index is 1240. The molecule has 4 heterocycles. The zero-order valence-corrected chi connectivity index (χ0v) is 17.3. The molecule has 8 heteroatoms. The molecule has 1 aromatic heterocycles. The standard InChI is InChI=1S/C24H22N4O4/c29-18-13-25-28-21(22(18)30)24(31)27-12-6-5-11-26(27)23(28)20-16-8-2-1-7-15(16)14-32-19-10-4-3-9-17(19)20/h1-4,7-10,13,20,23,30H,5-6,11-12,14H2/t20-,23+/m0/s1. The first-order valence-electron chi connectivity index (χ1n) is 10.8. The molecule has 0 radical (unpaired) electrons. The summed E-state index contributed by atoms with van der Waals surface area (Å²) in [6, 6.07) is 16.0. The first-order valence-corrected chi connectivity index (χ1v) is 10.8. The number of amides is 1. The molecular weight excluding hydrogens is 408 g/mol. The van der Waals surface area contributed by atoms with Gasteiger partial charge in [0.2, 0.25) is 5.43 Å². The lowest BCUT2D eigenvalue weighted by Crippen LogP contribution is -2.59. The zero-order valence-electron chi connectivity index (χ0n) is 17.3. The zero-order chi connectivity index (χ0) is 21.8. The van der Waals surface area contributed by atoms with E-state index >= 15 is 0 Å². The molecule has 1 fully saturated rings. The van der Waals surface area contributed by atoms with Crippen molar-refractivity contribution < 1.29 is 14.6 Å². The van der Waals surface area contributed by atoms with E-state index in [4.69, 9.17) is 4.74 Å². The van der Waals surface area contributed by atoms with Crippen molar-refractivity contribution >= 4 is 5.91 Å². The van der Waals surface area contributed by atoms with Gasteiger partial charge < -0.3 is 9.84 Å². The van der Waals surface area contributed by atoms with Gasteiger partial charge in [0.25, 0.3) is 5.91 Å². The van der Waals surface area contributed by atoms with Gasteiger partial charge in [-0.3, -0.25) is 14.6 Å². The monoisotopic (exact) mass is 430 g/mol. The van der Waals surface area contributed by atoms with E-state index in [-0.39, 0.29) is 11.6 Å². The number of carbonyl (C=O) groups excluding carboxylic acids is 1. The van der Waals surface area contributed by atoms with Crippen LogP contribution in [0, 0.1) is 0 Å². The van der Waals surface area contributed by atoms with Gasteiger partial charge in [-0.25, -0.2) is 4.68 Å². The average Bonchev–Trinajstić information content (AvgIpc) is 2.99. The van der Waals surface area contributed by atoms with Crippen LogP contribution in [0.1, 0.15) is 52.1 Å². The number of nitrogens with zero attached hydrogens (tertiary/aromatic N) is 4. The van der Waals surface area contributed by atoms with Crippen LogP contribution >= 0.6 is 0 Å². The number of aromatic hydroxyl groups is 1. The Morgan fingerprint density at radius 3 is 2.59 bits per heavy atom. The molecular formula is C24H22N4O4. The number of hydrazine groups is 1. The Balaban J connectivity index is 1.66. The molecule has 0 bridgehead atoms. The normalized spacial score (nSPS) is 22.1. The van der Waals surface area contributed by atoms with E-state index in [0.29, 0.717) is 19.7 Å². The number of fused-ring (bicyclic) bond motifs is 4. The largest absolute Gasteiger partial charge is 0.502 e. The smallest absolute Gasteiger partial charge is 0.290 e. The van der Waals surface area contributed by atoms with Gasteiger partial charge in [-0.15, -0.1) is 0 Å². The maximum Gasteiger partial charge on any atom is 0.290 e. The fourth-order valence-corrected chi connectivity index (χ4v) is 5.18. The summed E-state index contributed by atoms with van der Waals surface area (Å²) in [6.45, 7) is 1.64. The molecule has 2 atom stereocenters. The summed E-state index contributed by atoms with van der Waals surface area (Å²) in [6.07, 6.45) is 2.44. The van der Waals surface area contributed by atoms with Gasteiger partial charge in [0.1, 0.15) is 18.5 Å². The number of ether oxygens (including phenoxy) is 1. The number of benzene rings is 2. The Labute approximate surface area is 184 Å². The van der Waals surface area contributed by atoms with Crippen molar-refractivity contribution in [3.63, 3.8) is 0 Å². The van der Waals surface area contributed by atoms with Crippen molar-refractivity contribution in [2.24, 2.45) is 0 Å². The van der Waals surface area contributed by atoms with Crippen LogP contribution in [0.2, 0.25) is 0 Å². The molecule has 32 heavy (non-hydrogen) atoms. The molecule has 2 aromatic carbocycles. The number of para-hydroxylation sites is 1. The van der Waals surface area contributed by atoms with Crippen LogP contribution in [0.4, 0.5) is 0 Å². The average molecular weight is 430 g/mol. The van der Waals surface area contributed by atoms with Gasteiger partial charge in [0.15, 0.2) is 11.4 Å². The number of hydrogen-bond donors (Lipinski definition) is 1. The predicted molar refractivity (Wildman–Crippen MR) is 115 cm³/mol. The molecule has 6 rings (SSSR count). The molecule has 1 N–H and O–H groups in total. The summed E-state index contributed by atoms with van der Waals surface area (Å²) in [7, 11) is 0. The molecule has 162 valence electrons. The van der Waals surface area contributed by atoms with E-state index in [0.717, 1.165) is 41.5 Å². The fraction of sp³-hybridized carbons (Fsp3) is 0.292. The van der Waals surface area contributed by atoms with Crippen LogP contribution in [-0.4, -0.2) is 43.9 Å². The van der Waals surface area contributed by atoms with E-state index in [2.05, 4.69) is 11.2 Å². The molecule has 1 amide bonds. The highest BCUT2D eigenvalue weighted by atomic mass is 16.5. The molecule has 1 saturated heterocycles. The maximum atomic E-state index is 13.3. The van der Waals surface area contributed by atoms with Crippen LogP contribution in [-0.2, 0) is 6.61 Å². The first-order chi connectivity index (χ1) is 15.6. The van der Waals surface area contributed by atoms with Gasteiger partial charge in [0, 0.05) is 18.7 Å². The van der Waals surface area contributed by atoms with Crippen molar-refractivity contribution in [3.05, 3.63) is 87.3 Å². The Morgan fingerprint density at radius 1 is 0.969 bits per heavy atom. The van der Waals surface area contributed by atoms with Crippen molar-refractivity contribution in [2.45, 2.75) is 31.5 Å². The Kier molecular flexibility index (Phi) is 4.29. The van der Waals surface area contributed by atoms with Gasteiger partial charge in [-0.1, -0.05) is 42.5 Å². The van der Waals surface area contributed by atoms with Crippen molar-refractivity contribution in [1.82, 2.24) is 19.8 Å². The van der Waals surface area contributed by atoms with E-state index in [1.807, 2.05) is 47.5 Å². The summed E-state index contributed by atoms with van der Waals surface area (Å²) >= 11 is 0. The van der Waals surface area contributed by atoms with E-state index in [9.17, 15) is 14.7 Å². The Hall–Kier alpha value is -3.65. The van der Waals surface area contributed by atoms with Crippen LogP contribution in [0.3, 0.4) is 0 Å². The minimum absolute atomic E-state index is 0.0548. The molecule has 3 aliphatic rings. The van der Waals surface area contributed by atoms with Gasteiger partial charge in [-0.05, 0) is 30.0 Å². The highest BCUT2D eigenvalue weighted by Crippen LogP contribution is 2.47. The number of aromatic nitrogens is 2. The number of carbonyl (C=O) groups is 1. The highest BCUT2D eigenvalue weighted by molar-refractivity contribution is 5.95. The topological polar surface area (TPSA) is 87.9 Å². The van der Waals surface area contributed by atoms with Crippen LogP contribution in [0.5, 0.6) is 11.5 Å². The third kappa shape index (κ3) is 2.69. The lowest BCUT2D eigenvalue weighted by molar-refractivity contribution is -0.104. The van der Waals surface area contributed by atoms with E-state index in [1.54, 1.807) is 5.01 Å². The van der Waals surface area contributed by atoms with Gasteiger partial charge in [-0.2, -0.15) is 10.1 Å². The minimum Gasteiger partial charge on any atom is -0.502 e. The number of hydrogen-bond acceptors (Lipinski definition) is 6. The summed E-state index contributed by atoms with van der Waals surface area (Å²) < 4.78 is 7.69. The SMILES string of the molecule is O=C1c2c(O)c(=O)cnn2[C@H]([C@H]2c3ccccc3COc3ccccc32)N2CCCCN12. The summed E-state index contributed by atoms with van der Waals surface area (Å²) in [5.41, 5.74) is 2.40. The van der Waals surface area contributed by atoms with Gasteiger partial charge >= 0.3 is 0 Å². The second-order valence-corrected chi connectivity index (χ2v) is 8.37. The van der Waals surface area contributed by atoms with E-state index < -0.39 is 23.3 Å². The summed E-state index contributed by atoms with van der Waals surface area (Å²) in [5.74, 6) is -0.394. The van der Waals surface area contributed by atoms with Gasteiger partial charge in [0.05, 0.1) is 12.1 Å². The quantitative estimate of drug-likeness (QED) is 0.639. The van der Waals surface area contributed by atoms with Crippen LogP contribution < -0.4 is 10.2 Å². The molecule has 8 nitrogen and oxygen atoms in total. The van der Waals surface area contributed by atoms with Crippen molar-refractivity contribution in [1.29, 1.82) is 0 Å². The molecule has 3 aliphatic heterocycles. The van der Waals surface area contributed by atoms with Crippen LogP contribution in [0.15, 0.2) is 59.5 Å². The first kappa shape index (κ1) is 19.1. The maximum absolute atomic E-state index is 13.3. The summed E-state index contributed by atoms with van der Waals surface area (Å²) in [4.78, 5) is 25.5. The van der Waals surface area contributed by atoms with E-state index in [1.165, 1.54) is 4.68 Å². The molecule has 0 saturated carbocycles. The van der Waals surface area contributed by atoms with Crippen molar-refractivity contribution in [3.8, 4) is 11.5 Å². The molecule has 0 spiro atoms. The second-order valence-electron chi connectivity index (χ2n) is 8.37. The highest BCUT2D eigenvalue weighted by Gasteiger charge is 2.47. The lowest BCUT2D eigenvalue weighted by atomic mass is 9.85. The Morgan fingerprint density at radius 2 is 1.72 bits per heavy atom. The second kappa shape index (κ2) is 7.20. The third-order valence-electron chi connectivity index (χ3n) is 6.62. The molecule has 0 aliphatic carbocycles. The summed E-state index contributed by atoms with van der Waals surface area (Å²) in [5, 5.41) is 18.7.